The Labute approximate surface area is 156 Å². The summed E-state index contributed by atoms with van der Waals surface area (Å²) in [4.78, 5) is 20.5. The Balaban J connectivity index is 1.35. The molecule has 1 aliphatic heterocycles. The van der Waals surface area contributed by atoms with Crippen LogP contribution in [0.1, 0.15) is 16.2 Å². The number of aromatic nitrogens is 4. The molecule has 4 rings (SSSR count). The van der Waals surface area contributed by atoms with Crippen LogP contribution >= 0.6 is 0 Å². The number of pyridine rings is 1. The maximum atomic E-state index is 12.4. The second-order valence-electron chi connectivity index (χ2n) is 6.22. The SMILES string of the molecule is Cc1cc(C(=O)N2CCN(c3ccc(Nc4ccccn4)nn3)CC2)no1. The van der Waals surface area contributed by atoms with Crippen LogP contribution in [0.2, 0.25) is 0 Å². The van der Waals surface area contributed by atoms with Gasteiger partial charge in [0, 0.05) is 38.4 Å². The van der Waals surface area contributed by atoms with Crippen molar-refractivity contribution in [2.75, 3.05) is 36.4 Å². The van der Waals surface area contributed by atoms with Gasteiger partial charge in [-0.3, -0.25) is 4.79 Å². The highest BCUT2D eigenvalue weighted by Gasteiger charge is 2.25. The molecule has 0 spiro atoms. The molecule has 0 radical (unpaired) electrons. The number of carbonyl (C=O) groups excluding carboxylic acids is 1. The second kappa shape index (κ2) is 7.40. The van der Waals surface area contributed by atoms with Gasteiger partial charge in [0.15, 0.2) is 17.3 Å². The molecule has 0 atom stereocenters. The van der Waals surface area contributed by atoms with E-state index in [1.807, 2.05) is 30.3 Å². The highest BCUT2D eigenvalue weighted by molar-refractivity contribution is 5.92. The normalized spacial score (nSPS) is 14.3. The Hall–Kier alpha value is -3.49. The van der Waals surface area contributed by atoms with Crippen molar-refractivity contribution in [3.05, 3.63) is 54.0 Å². The van der Waals surface area contributed by atoms with Crippen molar-refractivity contribution in [1.82, 2.24) is 25.2 Å². The van der Waals surface area contributed by atoms with Crippen LogP contribution in [0.25, 0.3) is 0 Å². The number of hydrogen-bond donors (Lipinski definition) is 1. The molecule has 138 valence electrons. The number of anilines is 3. The molecule has 1 amide bonds. The minimum Gasteiger partial charge on any atom is -0.361 e. The summed E-state index contributed by atoms with van der Waals surface area (Å²) in [6.45, 7) is 4.34. The lowest BCUT2D eigenvalue weighted by Gasteiger charge is -2.34. The topological polar surface area (TPSA) is 100 Å². The molecular weight excluding hydrogens is 346 g/mol. The van der Waals surface area contributed by atoms with Crippen LogP contribution < -0.4 is 10.2 Å². The number of amides is 1. The first-order valence-electron chi connectivity index (χ1n) is 8.68. The van der Waals surface area contributed by atoms with E-state index in [9.17, 15) is 4.79 Å². The first kappa shape index (κ1) is 17.0. The lowest BCUT2D eigenvalue weighted by Crippen LogP contribution is -2.49. The van der Waals surface area contributed by atoms with Gasteiger partial charge in [0.25, 0.3) is 5.91 Å². The molecule has 1 fully saturated rings. The summed E-state index contributed by atoms with van der Waals surface area (Å²) in [6, 6.07) is 11.1. The number of rotatable bonds is 4. The van der Waals surface area contributed by atoms with Gasteiger partial charge in [-0.05, 0) is 31.2 Å². The van der Waals surface area contributed by atoms with Crippen molar-refractivity contribution in [3.8, 4) is 0 Å². The third-order valence-electron chi connectivity index (χ3n) is 4.31. The predicted molar refractivity (Wildman–Crippen MR) is 98.9 cm³/mol. The number of hydrogen-bond acceptors (Lipinski definition) is 8. The van der Waals surface area contributed by atoms with Gasteiger partial charge in [-0.15, -0.1) is 10.2 Å². The van der Waals surface area contributed by atoms with Crippen LogP contribution in [0.4, 0.5) is 17.5 Å². The van der Waals surface area contributed by atoms with E-state index in [-0.39, 0.29) is 5.91 Å². The Bertz CT molecular complexity index is 903. The maximum absolute atomic E-state index is 12.4. The van der Waals surface area contributed by atoms with Crippen molar-refractivity contribution in [2.24, 2.45) is 0 Å². The Kier molecular flexibility index (Phi) is 4.65. The molecule has 27 heavy (non-hydrogen) atoms. The van der Waals surface area contributed by atoms with Gasteiger partial charge in [0.2, 0.25) is 0 Å². The van der Waals surface area contributed by atoms with Gasteiger partial charge in [0.1, 0.15) is 11.6 Å². The summed E-state index contributed by atoms with van der Waals surface area (Å²) in [5.74, 6) is 2.66. The molecule has 0 aromatic carbocycles. The smallest absolute Gasteiger partial charge is 0.276 e. The van der Waals surface area contributed by atoms with E-state index in [4.69, 9.17) is 4.52 Å². The van der Waals surface area contributed by atoms with E-state index in [1.54, 1.807) is 24.1 Å². The average molecular weight is 365 g/mol. The number of aryl methyl sites for hydroxylation is 1. The molecule has 0 saturated carbocycles. The van der Waals surface area contributed by atoms with E-state index < -0.39 is 0 Å². The van der Waals surface area contributed by atoms with E-state index in [0.717, 1.165) is 11.6 Å². The fraction of sp³-hybridized carbons (Fsp3) is 0.278. The summed E-state index contributed by atoms with van der Waals surface area (Å²) in [5, 5.41) is 15.4. The molecule has 3 aromatic heterocycles. The van der Waals surface area contributed by atoms with Gasteiger partial charge in [-0.25, -0.2) is 4.98 Å². The highest BCUT2D eigenvalue weighted by Crippen LogP contribution is 2.17. The van der Waals surface area contributed by atoms with E-state index in [2.05, 4.69) is 30.6 Å². The Morgan fingerprint density at radius 1 is 1.07 bits per heavy atom. The third-order valence-corrected chi connectivity index (χ3v) is 4.31. The highest BCUT2D eigenvalue weighted by atomic mass is 16.5. The zero-order chi connectivity index (χ0) is 18.6. The van der Waals surface area contributed by atoms with Crippen LogP contribution in [0, 0.1) is 6.92 Å². The fourth-order valence-corrected chi connectivity index (χ4v) is 2.90. The van der Waals surface area contributed by atoms with Crippen LogP contribution in [-0.4, -0.2) is 57.3 Å². The van der Waals surface area contributed by atoms with Crippen LogP contribution in [0.15, 0.2) is 47.1 Å². The average Bonchev–Trinajstić information content (AvgIpc) is 3.15. The largest absolute Gasteiger partial charge is 0.361 e. The van der Waals surface area contributed by atoms with Crippen LogP contribution in [0.3, 0.4) is 0 Å². The summed E-state index contributed by atoms with van der Waals surface area (Å²) in [5.41, 5.74) is 0.352. The zero-order valence-electron chi connectivity index (χ0n) is 14.9. The fourth-order valence-electron chi connectivity index (χ4n) is 2.90. The van der Waals surface area contributed by atoms with Crippen molar-refractivity contribution in [1.29, 1.82) is 0 Å². The minimum absolute atomic E-state index is 0.104. The van der Waals surface area contributed by atoms with Gasteiger partial charge in [-0.2, -0.15) is 0 Å². The van der Waals surface area contributed by atoms with E-state index in [1.165, 1.54) is 0 Å². The third kappa shape index (κ3) is 3.86. The van der Waals surface area contributed by atoms with Gasteiger partial charge >= 0.3 is 0 Å². The van der Waals surface area contributed by atoms with E-state index in [0.29, 0.717) is 43.5 Å². The molecule has 1 N–H and O–H groups in total. The first-order valence-corrected chi connectivity index (χ1v) is 8.68. The van der Waals surface area contributed by atoms with Gasteiger partial charge in [0.05, 0.1) is 0 Å². The molecule has 9 heteroatoms. The van der Waals surface area contributed by atoms with Crippen molar-refractivity contribution in [2.45, 2.75) is 6.92 Å². The summed E-state index contributed by atoms with van der Waals surface area (Å²) in [6.07, 6.45) is 1.71. The van der Waals surface area contributed by atoms with Crippen LogP contribution in [0.5, 0.6) is 0 Å². The minimum atomic E-state index is -0.104. The standard InChI is InChI=1S/C18H19N7O2/c1-13-12-14(23-27-13)18(26)25-10-8-24(9-11-25)17-6-5-16(21-22-17)20-15-4-2-3-7-19-15/h2-7,12H,8-11H2,1H3,(H,19,20,21). The molecule has 0 unspecified atom stereocenters. The molecular formula is C18H19N7O2. The monoisotopic (exact) mass is 365 g/mol. The van der Waals surface area contributed by atoms with Gasteiger partial charge < -0.3 is 19.6 Å². The predicted octanol–water partition coefficient (Wildman–Crippen LogP) is 1.87. The van der Waals surface area contributed by atoms with Crippen LogP contribution in [-0.2, 0) is 0 Å². The number of nitrogens with zero attached hydrogens (tertiary/aromatic N) is 6. The summed E-state index contributed by atoms with van der Waals surface area (Å²) in [7, 11) is 0. The number of carbonyl (C=O) groups is 1. The molecule has 9 nitrogen and oxygen atoms in total. The zero-order valence-corrected chi connectivity index (χ0v) is 14.9. The van der Waals surface area contributed by atoms with E-state index >= 15 is 0 Å². The van der Waals surface area contributed by atoms with Gasteiger partial charge in [-0.1, -0.05) is 11.2 Å². The molecule has 4 heterocycles. The molecule has 0 aliphatic carbocycles. The number of piperazine rings is 1. The Morgan fingerprint density at radius 3 is 2.56 bits per heavy atom. The van der Waals surface area contributed by atoms with Crippen molar-refractivity contribution < 1.29 is 9.32 Å². The molecule has 1 aliphatic rings. The maximum Gasteiger partial charge on any atom is 0.276 e. The lowest BCUT2D eigenvalue weighted by molar-refractivity contribution is 0.0736. The lowest BCUT2D eigenvalue weighted by atomic mass is 10.2. The first-order chi connectivity index (χ1) is 13.2. The van der Waals surface area contributed by atoms with Crippen molar-refractivity contribution >= 4 is 23.4 Å². The summed E-state index contributed by atoms with van der Waals surface area (Å²) < 4.78 is 4.98. The quantitative estimate of drug-likeness (QED) is 0.748. The second-order valence-corrected chi connectivity index (χ2v) is 6.22. The van der Waals surface area contributed by atoms with Crippen molar-refractivity contribution in [3.63, 3.8) is 0 Å². The summed E-state index contributed by atoms with van der Waals surface area (Å²) >= 11 is 0. The molecule has 0 bridgehead atoms. The number of nitrogens with one attached hydrogen (secondary N) is 1. The molecule has 3 aromatic rings. The Morgan fingerprint density at radius 2 is 1.93 bits per heavy atom. The molecule has 1 saturated heterocycles.